The van der Waals surface area contributed by atoms with Gasteiger partial charge in [-0.3, -0.25) is 4.79 Å². The summed E-state index contributed by atoms with van der Waals surface area (Å²) in [7, 11) is -0.720. The van der Waals surface area contributed by atoms with Crippen LogP contribution in [0.1, 0.15) is 15.9 Å². The van der Waals surface area contributed by atoms with Crippen LogP contribution in [-0.2, 0) is 10.0 Å². The Kier molecular flexibility index (Phi) is 5.87. The normalized spacial score (nSPS) is 11.8. The van der Waals surface area contributed by atoms with E-state index in [4.69, 9.17) is 0 Å². The highest BCUT2D eigenvalue weighted by atomic mass is 79.9. The number of hydrazone groups is 1. The molecule has 6 nitrogen and oxygen atoms in total. The molecule has 0 aliphatic rings. The molecule has 0 spiro atoms. The average Bonchev–Trinajstić information content (AvgIpc) is 2.56. The zero-order valence-electron chi connectivity index (χ0n) is 13.1. The minimum Gasteiger partial charge on any atom is -0.267 e. The second-order valence-electron chi connectivity index (χ2n) is 5.07. The summed E-state index contributed by atoms with van der Waals surface area (Å²) in [5, 5.41) is 3.87. The number of rotatable bonds is 5. The molecule has 0 atom stereocenters. The first-order valence-corrected chi connectivity index (χ1v) is 9.15. The van der Waals surface area contributed by atoms with Crippen molar-refractivity contribution in [3.8, 4) is 0 Å². The van der Waals surface area contributed by atoms with Gasteiger partial charge in [-0.15, -0.1) is 0 Å². The van der Waals surface area contributed by atoms with Gasteiger partial charge in [0.05, 0.1) is 11.1 Å². The summed E-state index contributed by atoms with van der Waals surface area (Å²) < 4.78 is 26.2. The first-order chi connectivity index (χ1) is 11.3. The van der Waals surface area contributed by atoms with Crippen LogP contribution in [0.15, 0.2) is 63.0 Å². The van der Waals surface area contributed by atoms with Gasteiger partial charge in [-0.05, 0) is 35.9 Å². The predicted octanol–water partition coefficient (Wildman–Crippen LogP) is 2.46. The Morgan fingerprint density at radius 1 is 1.17 bits per heavy atom. The van der Waals surface area contributed by atoms with Crippen LogP contribution in [0.2, 0.25) is 0 Å². The van der Waals surface area contributed by atoms with E-state index in [0.29, 0.717) is 0 Å². The van der Waals surface area contributed by atoms with Crippen LogP contribution in [0, 0.1) is 0 Å². The van der Waals surface area contributed by atoms with Gasteiger partial charge in [-0.2, -0.15) is 5.10 Å². The highest BCUT2D eigenvalue weighted by Gasteiger charge is 2.18. The fourth-order valence-electron chi connectivity index (χ4n) is 1.79. The van der Waals surface area contributed by atoms with Crippen LogP contribution >= 0.6 is 15.9 Å². The van der Waals surface area contributed by atoms with Crippen LogP contribution in [0.5, 0.6) is 0 Å². The summed E-state index contributed by atoms with van der Waals surface area (Å²) in [6.45, 7) is 0. The van der Waals surface area contributed by atoms with E-state index in [1.165, 1.54) is 44.6 Å². The zero-order chi connectivity index (χ0) is 17.7. The highest BCUT2D eigenvalue weighted by molar-refractivity contribution is 9.10. The van der Waals surface area contributed by atoms with Gasteiger partial charge >= 0.3 is 0 Å². The first-order valence-electron chi connectivity index (χ1n) is 6.92. The number of carbonyl (C=O) groups is 1. The molecule has 0 heterocycles. The Bertz CT molecular complexity index is 862. The van der Waals surface area contributed by atoms with E-state index < -0.39 is 15.9 Å². The fourth-order valence-corrected chi connectivity index (χ4v) is 3.00. The zero-order valence-corrected chi connectivity index (χ0v) is 15.5. The molecule has 0 saturated carbocycles. The molecular formula is C16H16BrN3O3S. The number of halogens is 1. The van der Waals surface area contributed by atoms with E-state index >= 15 is 0 Å². The molecule has 0 radical (unpaired) electrons. The van der Waals surface area contributed by atoms with Crippen LogP contribution in [0.25, 0.3) is 0 Å². The molecule has 0 bridgehead atoms. The lowest BCUT2D eigenvalue weighted by Gasteiger charge is -2.11. The third-order valence-corrected chi connectivity index (χ3v) is 5.46. The molecule has 0 aliphatic carbocycles. The summed E-state index contributed by atoms with van der Waals surface area (Å²) in [4.78, 5) is 12.2. The van der Waals surface area contributed by atoms with Crippen LogP contribution < -0.4 is 5.43 Å². The molecule has 0 fully saturated rings. The number of hydrogen-bond donors (Lipinski definition) is 1. The number of sulfonamides is 1. The van der Waals surface area contributed by atoms with E-state index in [9.17, 15) is 13.2 Å². The summed E-state index contributed by atoms with van der Waals surface area (Å²) in [6.07, 6.45) is 1.50. The Balaban J connectivity index is 2.12. The number of benzene rings is 2. The molecule has 8 heteroatoms. The van der Waals surface area contributed by atoms with Crippen molar-refractivity contribution in [2.75, 3.05) is 14.1 Å². The Morgan fingerprint density at radius 3 is 2.46 bits per heavy atom. The molecule has 2 aromatic rings. The first kappa shape index (κ1) is 18.3. The number of hydrogen-bond acceptors (Lipinski definition) is 4. The molecule has 0 aliphatic heterocycles. The van der Waals surface area contributed by atoms with Gasteiger partial charge in [0.25, 0.3) is 5.91 Å². The van der Waals surface area contributed by atoms with Crippen molar-refractivity contribution >= 4 is 38.1 Å². The van der Waals surface area contributed by atoms with E-state index in [1.807, 2.05) is 24.3 Å². The molecule has 1 amide bonds. The minimum atomic E-state index is -3.59. The van der Waals surface area contributed by atoms with Crippen molar-refractivity contribution in [1.29, 1.82) is 0 Å². The van der Waals surface area contributed by atoms with Crippen molar-refractivity contribution in [2.24, 2.45) is 5.10 Å². The van der Waals surface area contributed by atoms with Gasteiger partial charge in [0.2, 0.25) is 10.0 Å². The molecule has 0 aromatic heterocycles. The van der Waals surface area contributed by atoms with Gasteiger partial charge in [0, 0.05) is 24.1 Å². The Morgan fingerprint density at radius 2 is 1.83 bits per heavy atom. The molecule has 24 heavy (non-hydrogen) atoms. The molecule has 2 rings (SSSR count). The molecule has 2 aromatic carbocycles. The topological polar surface area (TPSA) is 78.8 Å². The van der Waals surface area contributed by atoms with Gasteiger partial charge in [0.15, 0.2) is 0 Å². The lowest BCUT2D eigenvalue weighted by molar-refractivity contribution is 0.0955. The molecule has 0 saturated heterocycles. The smallest absolute Gasteiger partial charge is 0.267 e. The van der Waals surface area contributed by atoms with Gasteiger partial charge in [-0.1, -0.05) is 34.1 Å². The summed E-state index contributed by atoms with van der Waals surface area (Å²) in [5.41, 5.74) is 3.42. The average molecular weight is 410 g/mol. The van der Waals surface area contributed by atoms with Crippen LogP contribution in [-0.4, -0.2) is 38.9 Å². The van der Waals surface area contributed by atoms with Gasteiger partial charge in [0.1, 0.15) is 0 Å². The Hall–Kier alpha value is -2.03. The Labute approximate surface area is 149 Å². The van der Waals surface area contributed by atoms with E-state index in [0.717, 1.165) is 14.3 Å². The third-order valence-electron chi connectivity index (χ3n) is 3.12. The number of amides is 1. The maximum atomic E-state index is 12.1. The SMILES string of the molecule is CN(C)S(=O)(=O)c1cccc(C(=O)N/N=C\c2ccc(Br)cc2)c1. The molecule has 0 unspecified atom stereocenters. The van der Waals surface area contributed by atoms with E-state index in [-0.39, 0.29) is 10.5 Å². The van der Waals surface area contributed by atoms with Gasteiger partial charge < -0.3 is 0 Å². The number of nitrogens with one attached hydrogen (secondary N) is 1. The van der Waals surface area contributed by atoms with Crippen molar-refractivity contribution in [3.63, 3.8) is 0 Å². The maximum Gasteiger partial charge on any atom is 0.271 e. The summed E-state index contributed by atoms with van der Waals surface area (Å²) in [6, 6.07) is 13.2. The summed E-state index contributed by atoms with van der Waals surface area (Å²) in [5.74, 6) is -0.487. The van der Waals surface area contributed by atoms with E-state index in [1.54, 1.807) is 0 Å². The third kappa shape index (κ3) is 4.50. The molecular weight excluding hydrogens is 394 g/mol. The highest BCUT2D eigenvalue weighted by Crippen LogP contribution is 2.15. The lowest BCUT2D eigenvalue weighted by atomic mass is 10.2. The van der Waals surface area contributed by atoms with Gasteiger partial charge in [-0.25, -0.2) is 18.1 Å². The number of carbonyl (C=O) groups excluding carboxylic acids is 1. The van der Waals surface area contributed by atoms with Crippen molar-refractivity contribution in [2.45, 2.75) is 4.90 Å². The molecule has 1 N–H and O–H groups in total. The van der Waals surface area contributed by atoms with Crippen LogP contribution in [0.4, 0.5) is 0 Å². The number of nitrogens with zero attached hydrogens (tertiary/aromatic N) is 2. The molecule has 126 valence electrons. The minimum absolute atomic E-state index is 0.0528. The summed E-state index contributed by atoms with van der Waals surface area (Å²) >= 11 is 3.33. The monoisotopic (exact) mass is 409 g/mol. The lowest BCUT2D eigenvalue weighted by Crippen LogP contribution is -2.23. The van der Waals surface area contributed by atoms with Crippen molar-refractivity contribution < 1.29 is 13.2 Å². The fraction of sp³-hybridized carbons (Fsp3) is 0.125. The maximum absolute atomic E-state index is 12.1. The quantitative estimate of drug-likeness (QED) is 0.608. The second-order valence-corrected chi connectivity index (χ2v) is 8.13. The van der Waals surface area contributed by atoms with Crippen molar-refractivity contribution in [1.82, 2.24) is 9.73 Å². The van der Waals surface area contributed by atoms with Crippen LogP contribution in [0.3, 0.4) is 0 Å². The standard InChI is InChI=1S/C16H16BrN3O3S/c1-20(2)24(22,23)15-5-3-4-13(10-15)16(21)19-18-11-12-6-8-14(17)9-7-12/h3-11H,1-2H3,(H,19,21)/b18-11-. The largest absolute Gasteiger partial charge is 0.271 e. The van der Waals surface area contributed by atoms with Crippen molar-refractivity contribution in [3.05, 3.63) is 64.1 Å². The predicted molar refractivity (Wildman–Crippen MR) is 96.5 cm³/mol. The van der Waals surface area contributed by atoms with E-state index in [2.05, 4.69) is 26.5 Å². The second kappa shape index (κ2) is 7.69.